The first-order valence-corrected chi connectivity index (χ1v) is 17.8. The molecule has 0 radical (unpaired) electrons. The van der Waals surface area contributed by atoms with Crippen LogP contribution >= 0.6 is 0 Å². The van der Waals surface area contributed by atoms with Crippen molar-refractivity contribution in [2.45, 2.75) is 70.3 Å². The number of fused-ring (bicyclic) bond motifs is 2. The summed E-state index contributed by atoms with van der Waals surface area (Å²) < 4.78 is 17.0. The van der Waals surface area contributed by atoms with E-state index in [1.165, 1.54) is 37.3 Å². The number of phenols is 1. The summed E-state index contributed by atoms with van der Waals surface area (Å²) in [5.41, 5.74) is 0.0108. The Hall–Kier alpha value is -5.62. The minimum atomic E-state index is -3.14. The fourth-order valence-electron chi connectivity index (χ4n) is 7.14. The van der Waals surface area contributed by atoms with E-state index >= 15 is 0 Å². The standard InChI is InChI=1S/C42H40O15/c1-20-39(51)42(53,54)40(52)41(55-20)57-32-16-29-35(36(48)28(32)14-24-7-4-8-25(17-44)30(24)19-46)38(50)33-26(18-45)15-31(56-21(2)47)27(34(33)37(29)49)10-9-22-5-3-6-23(13-22)11-12-43/h3-10,13,15-16,19-20,39-41,43-45,48,51-54H,11-12,14,17-18H2,1-2H3. The maximum absolute atomic E-state index is 14.8. The van der Waals surface area contributed by atoms with Crippen LogP contribution in [0.15, 0.2) is 54.6 Å². The third kappa shape index (κ3) is 7.62. The van der Waals surface area contributed by atoms with Crippen LogP contribution in [0.5, 0.6) is 17.2 Å². The average molecular weight is 785 g/mol. The molecule has 4 atom stereocenters. The highest BCUT2D eigenvalue weighted by Gasteiger charge is 2.54. The Kier molecular flexibility index (Phi) is 11.9. The molecule has 2 aliphatic rings. The van der Waals surface area contributed by atoms with E-state index in [4.69, 9.17) is 14.2 Å². The SMILES string of the molecule is CC(=O)Oc1cc(CO)c2c(c1C=Cc1cccc(CCO)c1)C(=O)c1cc(OC3OC(C)C(O)C(O)(O)C3O)c(Cc3cccc(CO)c3C=O)c(O)c1C2=O. The predicted molar refractivity (Wildman–Crippen MR) is 200 cm³/mol. The number of carbonyl (C=O) groups excluding carboxylic acids is 4. The van der Waals surface area contributed by atoms with Crippen LogP contribution in [0.3, 0.4) is 0 Å². The molecule has 6 rings (SSSR count). The van der Waals surface area contributed by atoms with E-state index in [2.05, 4.69) is 0 Å². The molecule has 0 aromatic heterocycles. The van der Waals surface area contributed by atoms with Crippen LogP contribution in [-0.4, -0.2) is 102 Å². The van der Waals surface area contributed by atoms with E-state index in [1.807, 2.05) is 0 Å². The second-order valence-corrected chi connectivity index (χ2v) is 13.7. The number of aliphatic hydroxyl groups excluding tert-OH is 5. The third-order valence-corrected chi connectivity index (χ3v) is 10.0. The van der Waals surface area contributed by atoms with Crippen molar-refractivity contribution >= 4 is 36.0 Å². The van der Waals surface area contributed by atoms with Crippen molar-refractivity contribution in [3.63, 3.8) is 0 Å². The van der Waals surface area contributed by atoms with Gasteiger partial charge in [0, 0.05) is 53.3 Å². The van der Waals surface area contributed by atoms with Gasteiger partial charge in [0.1, 0.15) is 23.4 Å². The van der Waals surface area contributed by atoms with E-state index in [-0.39, 0.29) is 63.3 Å². The van der Waals surface area contributed by atoms with Gasteiger partial charge in [0.05, 0.1) is 24.9 Å². The third-order valence-electron chi connectivity index (χ3n) is 10.0. The quantitative estimate of drug-likeness (QED) is 0.0295. The number of aliphatic hydroxyl groups is 7. The van der Waals surface area contributed by atoms with E-state index in [0.717, 1.165) is 18.6 Å². The second kappa shape index (κ2) is 16.5. The topological polar surface area (TPSA) is 258 Å². The molecule has 298 valence electrons. The molecular weight excluding hydrogens is 744 g/mol. The number of aromatic hydroxyl groups is 1. The zero-order valence-electron chi connectivity index (χ0n) is 30.7. The van der Waals surface area contributed by atoms with Gasteiger partial charge < -0.3 is 55.1 Å². The smallest absolute Gasteiger partial charge is 0.308 e. The zero-order valence-corrected chi connectivity index (χ0v) is 30.7. The first-order valence-electron chi connectivity index (χ1n) is 17.8. The molecule has 1 aliphatic heterocycles. The lowest BCUT2D eigenvalue weighted by Crippen LogP contribution is -2.67. The minimum Gasteiger partial charge on any atom is -0.507 e. The number of phenolic OH excluding ortho intramolecular Hbond substituents is 1. The number of hydrogen-bond acceptors (Lipinski definition) is 15. The lowest BCUT2D eigenvalue weighted by Gasteiger charge is -2.44. The van der Waals surface area contributed by atoms with Gasteiger partial charge in [-0.15, -0.1) is 0 Å². The lowest BCUT2D eigenvalue weighted by atomic mass is 9.77. The van der Waals surface area contributed by atoms with Crippen LogP contribution in [-0.2, 0) is 35.6 Å². The predicted octanol–water partition coefficient (Wildman–Crippen LogP) is 1.71. The van der Waals surface area contributed by atoms with Gasteiger partial charge in [-0.05, 0) is 59.4 Å². The van der Waals surface area contributed by atoms with Crippen molar-refractivity contribution in [2.75, 3.05) is 6.61 Å². The number of hydrogen-bond donors (Lipinski definition) is 8. The van der Waals surface area contributed by atoms with Crippen molar-refractivity contribution in [2.24, 2.45) is 0 Å². The molecule has 1 fully saturated rings. The Morgan fingerprint density at radius 3 is 2.21 bits per heavy atom. The fourth-order valence-corrected chi connectivity index (χ4v) is 7.14. The summed E-state index contributed by atoms with van der Waals surface area (Å²) >= 11 is 0. The zero-order chi connectivity index (χ0) is 41.3. The van der Waals surface area contributed by atoms with Crippen LogP contribution in [0.1, 0.15) is 95.0 Å². The minimum absolute atomic E-state index is 0.0318. The van der Waals surface area contributed by atoms with Crippen LogP contribution in [0.4, 0.5) is 0 Å². The summed E-state index contributed by atoms with van der Waals surface area (Å²) in [5.74, 6) is -7.13. The first-order chi connectivity index (χ1) is 27.2. The monoisotopic (exact) mass is 784 g/mol. The van der Waals surface area contributed by atoms with E-state index < -0.39 is 83.8 Å². The summed E-state index contributed by atoms with van der Waals surface area (Å²) in [6, 6.07) is 13.9. The van der Waals surface area contributed by atoms with Crippen molar-refractivity contribution in [1.82, 2.24) is 0 Å². The van der Waals surface area contributed by atoms with Gasteiger partial charge in [-0.3, -0.25) is 19.2 Å². The van der Waals surface area contributed by atoms with E-state index in [1.54, 1.807) is 30.3 Å². The highest BCUT2D eigenvalue weighted by molar-refractivity contribution is 6.31. The Morgan fingerprint density at radius 2 is 1.54 bits per heavy atom. The number of rotatable bonds is 12. The molecule has 0 saturated carbocycles. The number of aldehydes is 1. The van der Waals surface area contributed by atoms with Gasteiger partial charge >= 0.3 is 5.97 Å². The fraction of sp³-hybridized carbons (Fsp3) is 0.286. The first kappa shape index (κ1) is 41.0. The molecule has 57 heavy (non-hydrogen) atoms. The molecule has 8 N–H and O–H groups in total. The molecule has 4 aromatic carbocycles. The summed E-state index contributed by atoms with van der Waals surface area (Å²) in [5, 5.41) is 84.0. The van der Waals surface area contributed by atoms with Crippen molar-refractivity contribution in [3.8, 4) is 17.2 Å². The Morgan fingerprint density at radius 1 is 0.842 bits per heavy atom. The van der Waals surface area contributed by atoms with Gasteiger partial charge in [0.15, 0.2) is 24.0 Å². The summed E-state index contributed by atoms with van der Waals surface area (Å²) in [6.07, 6.45) is -4.07. The van der Waals surface area contributed by atoms with E-state index in [0.29, 0.717) is 18.3 Å². The van der Waals surface area contributed by atoms with Gasteiger partial charge in [0.25, 0.3) is 0 Å². The second-order valence-electron chi connectivity index (χ2n) is 13.7. The maximum Gasteiger partial charge on any atom is 0.308 e. The van der Waals surface area contributed by atoms with Crippen molar-refractivity contribution < 1.29 is 74.2 Å². The van der Waals surface area contributed by atoms with Crippen molar-refractivity contribution in [3.05, 3.63) is 121 Å². The van der Waals surface area contributed by atoms with Crippen LogP contribution in [0.25, 0.3) is 12.2 Å². The Labute approximate surface area is 325 Å². The Bertz CT molecular complexity index is 2290. The Balaban J connectivity index is 1.58. The van der Waals surface area contributed by atoms with Gasteiger partial charge in [-0.2, -0.15) is 0 Å². The summed E-state index contributed by atoms with van der Waals surface area (Å²) in [6.45, 7) is 0.974. The number of ether oxygens (including phenoxy) is 3. The molecule has 1 heterocycles. The molecule has 4 aromatic rings. The van der Waals surface area contributed by atoms with Gasteiger partial charge in [-0.25, -0.2) is 0 Å². The molecular formula is C42H40O15. The van der Waals surface area contributed by atoms with Crippen molar-refractivity contribution in [1.29, 1.82) is 0 Å². The highest BCUT2D eigenvalue weighted by Crippen LogP contribution is 2.45. The number of esters is 1. The molecule has 4 unspecified atom stereocenters. The number of ketones is 2. The molecule has 1 aliphatic carbocycles. The molecule has 15 heteroatoms. The van der Waals surface area contributed by atoms with Gasteiger partial charge in [-0.1, -0.05) is 48.5 Å². The van der Waals surface area contributed by atoms with Crippen LogP contribution in [0, 0.1) is 0 Å². The van der Waals surface area contributed by atoms with E-state index in [9.17, 15) is 60.0 Å². The molecule has 0 amide bonds. The molecule has 15 nitrogen and oxygen atoms in total. The largest absolute Gasteiger partial charge is 0.507 e. The van der Waals surface area contributed by atoms with Gasteiger partial charge in [0.2, 0.25) is 12.1 Å². The highest BCUT2D eigenvalue weighted by atomic mass is 16.7. The number of carbonyl (C=O) groups is 4. The number of benzene rings is 4. The normalized spacial score (nSPS) is 19.9. The summed E-state index contributed by atoms with van der Waals surface area (Å²) in [4.78, 5) is 53.9. The average Bonchev–Trinajstić information content (AvgIpc) is 3.18. The van der Waals surface area contributed by atoms with Crippen LogP contribution < -0.4 is 9.47 Å². The van der Waals surface area contributed by atoms with Crippen LogP contribution in [0.2, 0.25) is 0 Å². The molecule has 0 spiro atoms. The lowest BCUT2D eigenvalue weighted by molar-refractivity contribution is -0.371. The molecule has 0 bridgehead atoms. The molecule has 1 saturated heterocycles. The maximum atomic E-state index is 14.8. The summed E-state index contributed by atoms with van der Waals surface area (Å²) in [7, 11) is 0.